The Kier molecular flexibility index (Phi) is 12.4. The summed E-state index contributed by atoms with van der Waals surface area (Å²) in [7, 11) is -1.71. The highest BCUT2D eigenvalue weighted by atomic mass is 31.2. The van der Waals surface area contributed by atoms with Crippen LogP contribution in [0, 0.1) is 0 Å². The average Bonchev–Trinajstić information content (AvgIpc) is 3.77. The van der Waals surface area contributed by atoms with Crippen molar-refractivity contribution in [1.82, 2.24) is 4.44 Å². The average molecular weight is 800 g/mol. The fourth-order valence-electron chi connectivity index (χ4n) is 8.80. The fraction of sp³-hybridized carbons (Fsp3) is 0.143. The van der Waals surface area contributed by atoms with Crippen LogP contribution < -0.4 is 10.6 Å². The lowest BCUT2D eigenvalue weighted by molar-refractivity contribution is 0.632. The molecule has 2 atom stereocenters. The van der Waals surface area contributed by atoms with Gasteiger partial charge in [0.1, 0.15) is 0 Å². The minimum absolute atomic E-state index is 0.468. The van der Waals surface area contributed by atoms with Crippen LogP contribution in [0.1, 0.15) is 55.1 Å². The molecule has 59 heavy (non-hydrogen) atoms. The number of nitrogens with zero attached hydrogens (tertiary/aromatic N) is 1. The van der Waals surface area contributed by atoms with Gasteiger partial charge in [0.2, 0.25) is 0 Å². The summed E-state index contributed by atoms with van der Waals surface area (Å²) < 4.78 is 3.09. The first kappa shape index (κ1) is 39.1. The number of hydrogen-bond acceptors (Lipinski definition) is 1. The molecule has 1 heterocycles. The van der Waals surface area contributed by atoms with Gasteiger partial charge in [-0.15, -0.1) is 0 Å². The summed E-state index contributed by atoms with van der Waals surface area (Å²) in [6, 6.07) is 82.0. The van der Waals surface area contributed by atoms with Crippen molar-refractivity contribution < 1.29 is 0 Å². The lowest BCUT2D eigenvalue weighted by atomic mass is 9.99. The summed E-state index contributed by atoms with van der Waals surface area (Å²) >= 11 is 0. The predicted octanol–water partition coefficient (Wildman–Crippen LogP) is 15.5. The maximum absolute atomic E-state index is 3.09. The van der Waals surface area contributed by atoms with E-state index in [1.807, 2.05) is 0 Å². The van der Waals surface area contributed by atoms with Crippen molar-refractivity contribution in [3.05, 3.63) is 230 Å². The van der Waals surface area contributed by atoms with E-state index in [-0.39, 0.29) is 0 Å². The molecule has 9 rings (SSSR count). The number of benzene rings is 8. The molecule has 0 aliphatic carbocycles. The van der Waals surface area contributed by atoms with Crippen molar-refractivity contribution in [3.8, 4) is 44.5 Å². The van der Waals surface area contributed by atoms with Gasteiger partial charge in [0.15, 0.2) is 0 Å². The van der Waals surface area contributed by atoms with Gasteiger partial charge in [-0.25, -0.2) is 0 Å². The summed E-state index contributed by atoms with van der Waals surface area (Å²) in [5.41, 5.74) is 14.0. The topological polar surface area (TPSA) is 3.24 Å². The van der Waals surface area contributed by atoms with Gasteiger partial charge < -0.3 is 0 Å². The smallest absolute Gasteiger partial charge is 0.0319 e. The zero-order valence-electron chi connectivity index (χ0n) is 33.8. The van der Waals surface area contributed by atoms with Gasteiger partial charge in [0.05, 0.1) is 0 Å². The summed E-state index contributed by atoms with van der Waals surface area (Å²) in [5.74, 6) is 0. The number of hydrogen-bond donors (Lipinski definition) is 0. The monoisotopic (exact) mass is 799 g/mol. The van der Waals surface area contributed by atoms with E-state index >= 15 is 0 Å². The molecule has 0 unspecified atom stereocenters. The van der Waals surface area contributed by atoms with Crippen molar-refractivity contribution in [2.45, 2.75) is 43.9 Å². The maximum Gasteiger partial charge on any atom is 0.0319 e. The van der Waals surface area contributed by atoms with Gasteiger partial charge in [0, 0.05) is 25.9 Å². The van der Waals surface area contributed by atoms with E-state index in [0.29, 0.717) is 11.3 Å². The molecule has 1 aliphatic rings. The van der Waals surface area contributed by atoms with Gasteiger partial charge >= 0.3 is 0 Å². The van der Waals surface area contributed by atoms with E-state index in [4.69, 9.17) is 0 Å². The molecule has 0 amide bonds. The Morgan fingerprint density at radius 2 is 0.712 bits per heavy atom. The summed E-state index contributed by atoms with van der Waals surface area (Å²) in [4.78, 5) is 0. The molecule has 290 valence electrons. The summed E-state index contributed by atoms with van der Waals surface area (Å²) in [6.07, 6.45) is 4.68. The van der Waals surface area contributed by atoms with Crippen molar-refractivity contribution in [2.75, 3.05) is 6.54 Å². The largest absolute Gasteiger partial charge is 0.251 e. The second-order valence-corrected chi connectivity index (χ2v) is 20.5. The molecular weight excluding hydrogens is 749 g/mol. The Morgan fingerprint density at radius 1 is 0.407 bits per heavy atom. The molecule has 0 N–H and O–H groups in total. The Hall–Kier alpha value is -5.42. The Labute approximate surface area is 354 Å². The van der Waals surface area contributed by atoms with Crippen LogP contribution in [0.2, 0.25) is 0 Å². The highest BCUT2D eigenvalue weighted by molar-refractivity contribution is 7.79. The molecule has 3 heteroatoms. The fourth-order valence-corrected chi connectivity index (χ4v) is 16.4. The first-order valence-corrected chi connectivity index (χ1v) is 23.9. The number of rotatable bonds is 13. The molecule has 1 fully saturated rings. The molecular formula is C56H51NP2. The number of unbranched alkanes of at least 4 members (excludes halogenated alkanes) is 1. The highest BCUT2D eigenvalue weighted by Crippen LogP contribution is 2.76. The summed E-state index contributed by atoms with van der Waals surface area (Å²) in [6.45, 7) is 3.41. The maximum atomic E-state index is 3.09. The van der Waals surface area contributed by atoms with Crippen LogP contribution in [-0.2, 0) is 0 Å². The van der Waals surface area contributed by atoms with Crippen LogP contribution >= 0.6 is 16.1 Å². The van der Waals surface area contributed by atoms with E-state index in [1.54, 1.807) is 0 Å². The first-order valence-electron chi connectivity index (χ1n) is 21.2. The zero-order chi connectivity index (χ0) is 39.8. The van der Waals surface area contributed by atoms with E-state index in [9.17, 15) is 0 Å². The highest BCUT2D eigenvalue weighted by Gasteiger charge is 2.44. The van der Waals surface area contributed by atoms with Gasteiger partial charge in [0.25, 0.3) is 0 Å². The Balaban J connectivity index is 1.34. The lowest BCUT2D eigenvalue weighted by Gasteiger charge is -2.43. The van der Waals surface area contributed by atoms with Crippen LogP contribution in [0.25, 0.3) is 44.5 Å². The normalized spacial score (nSPS) is 15.5. The standard InChI is InChI=1S/C56H51NP2/c1-2-3-36-57(59-55(47-30-18-8-19-31-47)34-35-56(59)48-32-20-9-21-33-48)58(53-39-49(43-22-10-4-11-23-43)37-50(40-53)44-24-12-5-13-25-44)54-41-51(45-26-14-6-15-27-45)38-52(42-54)46-28-16-7-17-29-46/h4-33,37-42,55-56H,2-3,34-36H2,1H3/t55-,56-/m1/s1. The molecule has 0 aromatic heterocycles. The Morgan fingerprint density at radius 3 is 1.02 bits per heavy atom. The minimum Gasteiger partial charge on any atom is -0.251 e. The molecule has 8 aromatic rings. The van der Waals surface area contributed by atoms with Gasteiger partial charge in [-0.1, -0.05) is 195 Å². The Bertz CT molecular complexity index is 2260. The molecule has 0 radical (unpaired) electrons. The second-order valence-electron chi connectivity index (χ2n) is 15.6. The SMILES string of the molecule is CCCCN(P(c1cc(-c2ccccc2)cc(-c2ccccc2)c1)c1cc(-c2ccccc2)cc(-c2ccccc2)c1)P1[C@@H](c2ccccc2)CC[C@@H]1c1ccccc1. The molecule has 1 aliphatic heterocycles. The van der Waals surface area contributed by atoms with Crippen molar-refractivity contribution in [3.63, 3.8) is 0 Å². The molecule has 0 spiro atoms. The van der Waals surface area contributed by atoms with Crippen LogP contribution in [0.3, 0.4) is 0 Å². The predicted molar refractivity (Wildman–Crippen MR) is 257 cm³/mol. The van der Waals surface area contributed by atoms with Gasteiger partial charge in [-0.2, -0.15) is 0 Å². The second kappa shape index (κ2) is 18.7. The third kappa shape index (κ3) is 8.81. The van der Waals surface area contributed by atoms with Crippen LogP contribution in [0.15, 0.2) is 218 Å². The quantitative estimate of drug-likeness (QED) is 0.105. The third-order valence-corrected chi connectivity index (χ3v) is 18.1. The van der Waals surface area contributed by atoms with Crippen molar-refractivity contribution in [1.29, 1.82) is 0 Å². The molecule has 8 aromatic carbocycles. The first-order chi connectivity index (χ1) is 29.2. The summed E-state index contributed by atoms with van der Waals surface area (Å²) in [5, 5.41) is 2.82. The van der Waals surface area contributed by atoms with E-state index in [1.165, 1.54) is 79.1 Å². The molecule has 1 nitrogen and oxygen atoms in total. The van der Waals surface area contributed by atoms with E-state index in [2.05, 4.69) is 230 Å². The van der Waals surface area contributed by atoms with E-state index in [0.717, 1.165) is 19.4 Å². The zero-order valence-corrected chi connectivity index (χ0v) is 35.6. The van der Waals surface area contributed by atoms with Crippen LogP contribution in [0.4, 0.5) is 0 Å². The van der Waals surface area contributed by atoms with Crippen LogP contribution in [0.5, 0.6) is 0 Å². The van der Waals surface area contributed by atoms with Gasteiger partial charge in [-0.3, -0.25) is 4.44 Å². The van der Waals surface area contributed by atoms with Crippen LogP contribution in [-0.4, -0.2) is 11.0 Å². The van der Waals surface area contributed by atoms with Gasteiger partial charge in [-0.05, 0) is 130 Å². The molecule has 1 saturated heterocycles. The minimum atomic E-state index is -1.04. The lowest BCUT2D eigenvalue weighted by Crippen LogP contribution is -2.28. The molecule has 0 saturated carbocycles. The third-order valence-electron chi connectivity index (χ3n) is 11.7. The van der Waals surface area contributed by atoms with E-state index < -0.39 is 16.1 Å². The van der Waals surface area contributed by atoms with Crippen molar-refractivity contribution in [2.24, 2.45) is 0 Å². The molecule has 0 bridgehead atoms. The van der Waals surface area contributed by atoms with Crippen molar-refractivity contribution >= 4 is 26.8 Å².